The van der Waals surface area contributed by atoms with Gasteiger partial charge in [-0.1, -0.05) is 72.7 Å². The van der Waals surface area contributed by atoms with Gasteiger partial charge in [0.1, 0.15) is 17.2 Å². The fourth-order valence-corrected chi connectivity index (χ4v) is 4.26. The van der Waals surface area contributed by atoms with E-state index in [-0.39, 0.29) is 17.9 Å². The van der Waals surface area contributed by atoms with E-state index >= 15 is 0 Å². The summed E-state index contributed by atoms with van der Waals surface area (Å²) in [6.45, 7) is 2.86. The van der Waals surface area contributed by atoms with Crippen LogP contribution < -0.4 is 10.6 Å². The van der Waals surface area contributed by atoms with E-state index in [0.29, 0.717) is 54.4 Å². The predicted molar refractivity (Wildman–Crippen MR) is 149 cm³/mol. The maximum absolute atomic E-state index is 13.2. The maximum Gasteiger partial charge on any atom is 0.271 e. The van der Waals surface area contributed by atoms with Crippen LogP contribution in [-0.4, -0.2) is 57.3 Å². The number of carbonyl (C=O) groups is 2. The number of aromatic amines is 1. The van der Waals surface area contributed by atoms with Crippen molar-refractivity contribution in [2.45, 2.75) is 19.4 Å². The summed E-state index contributed by atoms with van der Waals surface area (Å²) < 4.78 is 0. The number of hydrogen-bond acceptors (Lipinski definition) is 5. The number of hydrogen-bond donors (Lipinski definition) is 3. The summed E-state index contributed by atoms with van der Waals surface area (Å²) in [5, 5.41) is 6.69. The number of carbonyl (C=O) groups excluding carboxylic acids is 2. The van der Waals surface area contributed by atoms with Gasteiger partial charge < -0.3 is 20.5 Å². The molecular formula is C30H28N6O2. The first-order valence-electron chi connectivity index (χ1n) is 12.5. The quantitative estimate of drug-likeness (QED) is 0.182. The molecule has 3 heterocycles. The number of nitrogens with zero attached hydrogens (tertiary/aromatic N) is 3. The van der Waals surface area contributed by atoms with Crippen LogP contribution in [0.25, 0.3) is 33.5 Å². The Morgan fingerprint density at radius 2 is 1.76 bits per heavy atom. The van der Waals surface area contributed by atoms with Gasteiger partial charge in [0, 0.05) is 32.1 Å². The second-order valence-corrected chi connectivity index (χ2v) is 9.04. The van der Waals surface area contributed by atoms with Gasteiger partial charge in [-0.2, -0.15) is 0 Å². The second kappa shape index (κ2) is 11.0. The molecule has 3 aliphatic rings. The number of aromatic nitrogens is 3. The molecule has 2 amide bonds. The van der Waals surface area contributed by atoms with E-state index in [4.69, 9.17) is 6.42 Å². The largest absolute Gasteiger partial charge is 0.368 e. The van der Waals surface area contributed by atoms with Crippen LogP contribution in [0.5, 0.6) is 0 Å². The minimum atomic E-state index is -0.278. The Bertz CT molecular complexity index is 1510. The van der Waals surface area contributed by atoms with Crippen LogP contribution >= 0.6 is 0 Å². The van der Waals surface area contributed by atoms with Crippen LogP contribution in [0.1, 0.15) is 23.8 Å². The summed E-state index contributed by atoms with van der Waals surface area (Å²) in [4.78, 5) is 38.5. The average Bonchev–Trinajstić information content (AvgIpc) is 3.38. The van der Waals surface area contributed by atoms with Gasteiger partial charge in [0.15, 0.2) is 5.82 Å². The lowest BCUT2D eigenvalue weighted by Gasteiger charge is -2.28. The molecule has 0 spiro atoms. The molecule has 1 unspecified atom stereocenters. The molecule has 0 saturated carbocycles. The zero-order valence-electron chi connectivity index (χ0n) is 21.1. The lowest BCUT2D eigenvalue weighted by atomic mass is 9.95. The molecule has 2 aliphatic carbocycles. The smallest absolute Gasteiger partial charge is 0.271 e. The number of rotatable bonds is 6. The fourth-order valence-electron chi connectivity index (χ4n) is 4.26. The van der Waals surface area contributed by atoms with Gasteiger partial charge >= 0.3 is 0 Å². The van der Waals surface area contributed by atoms with Gasteiger partial charge in [-0.15, -0.1) is 6.42 Å². The van der Waals surface area contributed by atoms with Crippen molar-refractivity contribution in [1.82, 2.24) is 25.2 Å². The molecule has 0 saturated heterocycles. The highest BCUT2D eigenvalue weighted by Gasteiger charge is 2.26. The average molecular weight is 505 g/mol. The zero-order valence-corrected chi connectivity index (χ0v) is 21.1. The first-order valence-corrected chi connectivity index (χ1v) is 12.5. The summed E-state index contributed by atoms with van der Waals surface area (Å²) in [6, 6.07) is 19.6. The van der Waals surface area contributed by atoms with Crippen molar-refractivity contribution in [3.63, 3.8) is 0 Å². The molecule has 2 aromatic heterocycles. The minimum absolute atomic E-state index is 0.0993. The molecule has 38 heavy (non-hydrogen) atoms. The second-order valence-electron chi connectivity index (χ2n) is 9.04. The molecule has 0 radical (unpaired) electrons. The van der Waals surface area contributed by atoms with Gasteiger partial charge in [0.25, 0.3) is 5.91 Å². The summed E-state index contributed by atoms with van der Waals surface area (Å²) in [6.07, 6.45) is 10.2. The highest BCUT2D eigenvalue weighted by atomic mass is 16.2. The standard InChI is InChI=1S/C24H24N6O2.C6H4/c1-3-18-11-7-8-14-30(18)24(32)20-15-19-22(26-13-12-25-16(2)31)28-21(29-23(19)27-20)17-9-5-4-6-10-17;1-2-6-4-3-5(1)6/h1,4-10,15,18H,11-14H2,2H3,(H,25,31)(H2,26,27,28,29);1-4H. The monoisotopic (exact) mass is 504 g/mol. The van der Waals surface area contributed by atoms with Crippen LogP contribution in [0.4, 0.5) is 5.82 Å². The maximum atomic E-state index is 13.2. The molecule has 1 atom stereocenters. The zero-order chi connectivity index (χ0) is 26.5. The van der Waals surface area contributed by atoms with Crippen molar-refractivity contribution in [1.29, 1.82) is 0 Å². The number of anilines is 1. The van der Waals surface area contributed by atoms with Crippen molar-refractivity contribution in [3.05, 3.63) is 78.5 Å². The number of nitrogens with one attached hydrogen (secondary N) is 3. The first kappa shape index (κ1) is 24.8. The molecule has 0 bridgehead atoms. The van der Waals surface area contributed by atoms with E-state index in [1.807, 2.05) is 42.5 Å². The molecule has 6 rings (SSSR count). The Morgan fingerprint density at radius 1 is 1.03 bits per heavy atom. The van der Waals surface area contributed by atoms with Gasteiger partial charge in [0.05, 0.1) is 11.4 Å². The van der Waals surface area contributed by atoms with E-state index in [0.717, 1.165) is 5.56 Å². The third-order valence-corrected chi connectivity index (χ3v) is 6.42. The molecular weight excluding hydrogens is 476 g/mol. The lowest BCUT2D eigenvalue weighted by Crippen LogP contribution is -2.41. The molecule has 1 aliphatic heterocycles. The van der Waals surface area contributed by atoms with Crippen LogP contribution in [0, 0.1) is 12.3 Å². The molecule has 0 fully saturated rings. The van der Waals surface area contributed by atoms with Crippen LogP contribution in [-0.2, 0) is 4.79 Å². The van der Waals surface area contributed by atoms with Gasteiger partial charge in [0.2, 0.25) is 5.91 Å². The number of terminal acetylenes is 1. The normalized spacial score (nSPS) is 14.7. The van der Waals surface area contributed by atoms with Crippen LogP contribution in [0.15, 0.2) is 72.8 Å². The Balaban J connectivity index is 0.000000424. The molecule has 1 aromatic carbocycles. The van der Waals surface area contributed by atoms with Crippen molar-refractivity contribution < 1.29 is 9.59 Å². The van der Waals surface area contributed by atoms with Crippen molar-refractivity contribution in [2.24, 2.45) is 0 Å². The van der Waals surface area contributed by atoms with Gasteiger partial charge in [-0.25, -0.2) is 9.97 Å². The number of fused-ring (bicyclic) bond motifs is 2. The fraction of sp³-hybridized carbons (Fsp3) is 0.200. The van der Waals surface area contributed by atoms with Crippen LogP contribution in [0.2, 0.25) is 0 Å². The van der Waals surface area contributed by atoms with E-state index in [1.54, 1.807) is 11.0 Å². The van der Waals surface area contributed by atoms with Crippen molar-refractivity contribution >= 4 is 28.7 Å². The van der Waals surface area contributed by atoms with E-state index in [1.165, 1.54) is 18.1 Å². The summed E-state index contributed by atoms with van der Waals surface area (Å²) in [7, 11) is 0. The Labute approximate surface area is 221 Å². The number of amides is 2. The molecule has 3 N–H and O–H groups in total. The number of H-pyrrole nitrogens is 1. The van der Waals surface area contributed by atoms with E-state index < -0.39 is 0 Å². The Kier molecular flexibility index (Phi) is 7.18. The molecule has 190 valence electrons. The molecule has 3 aromatic rings. The molecule has 8 nitrogen and oxygen atoms in total. The number of benzene rings is 2. The van der Waals surface area contributed by atoms with Crippen LogP contribution in [0.3, 0.4) is 0 Å². The first-order chi connectivity index (χ1) is 18.5. The summed E-state index contributed by atoms with van der Waals surface area (Å²) in [5.41, 5.74) is 4.66. The third-order valence-electron chi connectivity index (χ3n) is 6.42. The van der Waals surface area contributed by atoms with Crippen molar-refractivity contribution in [3.8, 4) is 34.9 Å². The summed E-state index contributed by atoms with van der Waals surface area (Å²) in [5.74, 6) is 3.53. The van der Waals surface area contributed by atoms with Gasteiger partial charge in [-0.05, 0) is 23.6 Å². The lowest BCUT2D eigenvalue weighted by molar-refractivity contribution is -0.118. The van der Waals surface area contributed by atoms with Crippen molar-refractivity contribution in [2.75, 3.05) is 25.0 Å². The summed E-state index contributed by atoms with van der Waals surface area (Å²) >= 11 is 0. The highest BCUT2D eigenvalue weighted by molar-refractivity contribution is 6.00. The van der Waals surface area contributed by atoms with Gasteiger partial charge in [-0.3, -0.25) is 9.59 Å². The predicted octanol–water partition coefficient (Wildman–Crippen LogP) is 4.24. The third kappa shape index (κ3) is 5.27. The topological polar surface area (TPSA) is 103 Å². The molecule has 8 heteroatoms. The Morgan fingerprint density at radius 3 is 2.39 bits per heavy atom. The highest BCUT2D eigenvalue weighted by Crippen LogP contribution is 2.29. The van der Waals surface area contributed by atoms with E-state index in [2.05, 4.69) is 55.8 Å². The SMILES string of the molecule is C#CC1CC=CCN1C(=O)c1cc2c(NCCNC(C)=O)nc(-c3ccccc3)nc2[nH]1.c1cc2ccc1-2. The Hall–Kier alpha value is -4.90. The van der Waals surface area contributed by atoms with E-state index in [9.17, 15) is 9.59 Å². The minimum Gasteiger partial charge on any atom is -0.368 e.